The van der Waals surface area contributed by atoms with E-state index in [1.807, 2.05) is 0 Å². The van der Waals surface area contributed by atoms with Gasteiger partial charge in [-0.3, -0.25) is 0 Å². The summed E-state index contributed by atoms with van der Waals surface area (Å²) in [4.78, 5) is 8.44. The predicted octanol–water partition coefficient (Wildman–Crippen LogP) is -1.11. The summed E-state index contributed by atoms with van der Waals surface area (Å²) in [5.41, 5.74) is 0. The quantitative estimate of drug-likeness (QED) is 0.440. The van der Waals surface area contributed by atoms with Crippen molar-refractivity contribution in [3.05, 3.63) is 0 Å². The molecule has 0 aromatic carbocycles. The van der Waals surface area contributed by atoms with Crippen LogP contribution in [-0.4, -0.2) is 11.3 Å². The van der Waals surface area contributed by atoms with Crippen LogP contribution in [0.4, 0.5) is 4.79 Å². The Balaban J connectivity index is 0. The van der Waals surface area contributed by atoms with E-state index in [2.05, 4.69) is 0 Å². The van der Waals surface area contributed by atoms with Gasteiger partial charge in [-0.2, -0.15) is 0 Å². The Morgan fingerprint density at radius 3 is 1.80 bits per heavy atom. The molecular formula is CHCoO3-. The zero-order valence-electron chi connectivity index (χ0n) is 2.10. The molecule has 0 saturated carbocycles. The van der Waals surface area contributed by atoms with Gasteiger partial charge in [0.2, 0.25) is 6.16 Å². The third-order valence-corrected chi connectivity index (χ3v) is 0. The topological polar surface area (TPSA) is 60.4 Å². The van der Waals surface area contributed by atoms with Crippen molar-refractivity contribution in [1.82, 2.24) is 0 Å². The molecule has 0 amide bonds. The molecule has 5 heavy (non-hydrogen) atoms. The summed E-state index contributed by atoms with van der Waals surface area (Å²) in [7, 11) is 0. The average Bonchev–Trinajstić information content (AvgIpc) is 0.811. The van der Waals surface area contributed by atoms with Crippen LogP contribution in [0, 0.1) is 0 Å². The smallest absolute Gasteiger partial charge is 0.249 e. The van der Waals surface area contributed by atoms with Gasteiger partial charge in [0, 0.05) is 16.8 Å². The molecule has 0 aliphatic heterocycles. The standard InChI is InChI=1S/CH2O3.Co/c2-1(3)4;/h(H2,2,3,4);/p-1. The molecule has 1 radical (unpaired) electrons. The molecule has 0 aliphatic rings. The Morgan fingerprint density at radius 2 is 1.80 bits per heavy atom. The fraction of sp³-hybridized carbons (Fsp3) is 0. The molecule has 0 saturated heterocycles. The first-order chi connectivity index (χ1) is 1.73. The van der Waals surface area contributed by atoms with E-state index in [4.69, 9.17) is 15.0 Å². The van der Waals surface area contributed by atoms with Crippen LogP contribution in [0.5, 0.6) is 0 Å². The normalized spacial score (nSPS) is 4.80. The number of hydrogen-bond donors (Lipinski definition) is 1. The van der Waals surface area contributed by atoms with Crippen LogP contribution >= 0.6 is 0 Å². The van der Waals surface area contributed by atoms with E-state index in [0.29, 0.717) is 0 Å². The maximum atomic E-state index is 8.44. The molecule has 0 heterocycles. The van der Waals surface area contributed by atoms with Crippen LogP contribution in [-0.2, 0) is 16.8 Å². The summed E-state index contributed by atoms with van der Waals surface area (Å²) in [6.45, 7) is 0. The van der Waals surface area contributed by atoms with E-state index in [-0.39, 0.29) is 16.8 Å². The molecule has 0 bridgehead atoms. The Labute approximate surface area is 38.8 Å². The van der Waals surface area contributed by atoms with Crippen LogP contribution in [0.3, 0.4) is 0 Å². The minimum absolute atomic E-state index is 0. The second-order valence-electron chi connectivity index (χ2n) is 0.266. The van der Waals surface area contributed by atoms with Crippen molar-refractivity contribution in [3.8, 4) is 0 Å². The molecule has 3 nitrogen and oxygen atoms in total. The van der Waals surface area contributed by atoms with Crippen molar-refractivity contribution in [1.29, 1.82) is 0 Å². The minimum atomic E-state index is -2.08. The van der Waals surface area contributed by atoms with Gasteiger partial charge in [0.05, 0.1) is 0 Å². The van der Waals surface area contributed by atoms with Crippen molar-refractivity contribution in [2.45, 2.75) is 0 Å². The number of carboxylic acid groups (broad SMARTS) is 2. The Kier molecular flexibility index (Phi) is 6.67. The van der Waals surface area contributed by atoms with Crippen LogP contribution in [0.2, 0.25) is 0 Å². The van der Waals surface area contributed by atoms with Gasteiger partial charge in [-0.15, -0.1) is 0 Å². The molecule has 0 atom stereocenters. The van der Waals surface area contributed by atoms with Gasteiger partial charge in [-0.25, -0.2) is 0 Å². The maximum Gasteiger partial charge on any atom is 0.249 e. The minimum Gasteiger partial charge on any atom is -0.565 e. The molecule has 0 spiro atoms. The first-order valence-electron chi connectivity index (χ1n) is 0.632. The molecule has 1 N–H and O–H groups in total. The summed E-state index contributed by atoms with van der Waals surface area (Å²) in [6, 6.07) is 0. The first-order valence-corrected chi connectivity index (χ1v) is 0.632. The van der Waals surface area contributed by atoms with Crippen LogP contribution < -0.4 is 5.11 Å². The van der Waals surface area contributed by atoms with Crippen molar-refractivity contribution in [3.63, 3.8) is 0 Å². The fourth-order valence-electron chi connectivity index (χ4n) is 0. The third-order valence-electron chi connectivity index (χ3n) is 0. The zero-order chi connectivity index (χ0) is 3.58. The van der Waals surface area contributed by atoms with E-state index in [1.54, 1.807) is 0 Å². The van der Waals surface area contributed by atoms with Crippen LogP contribution in [0.25, 0.3) is 0 Å². The molecule has 4 heteroatoms. The molecule has 0 unspecified atom stereocenters. The van der Waals surface area contributed by atoms with Crippen molar-refractivity contribution < 1.29 is 31.8 Å². The summed E-state index contributed by atoms with van der Waals surface area (Å²) < 4.78 is 0. The Hall–Kier alpha value is -0.224. The van der Waals surface area contributed by atoms with E-state index in [0.717, 1.165) is 0 Å². The van der Waals surface area contributed by atoms with Crippen molar-refractivity contribution in [2.75, 3.05) is 0 Å². The second kappa shape index (κ2) is 3.78. The largest absolute Gasteiger partial charge is 0.565 e. The summed E-state index contributed by atoms with van der Waals surface area (Å²) >= 11 is 0. The molecule has 33 valence electrons. The fourth-order valence-corrected chi connectivity index (χ4v) is 0. The van der Waals surface area contributed by atoms with Crippen LogP contribution in [0.15, 0.2) is 0 Å². The van der Waals surface area contributed by atoms with E-state index < -0.39 is 6.16 Å². The third kappa shape index (κ3) is 239. The van der Waals surface area contributed by atoms with Crippen LogP contribution in [0.1, 0.15) is 0 Å². The maximum absolute atomic E-state index is 8.44. The molecule has 0 aromatic heterocycles. The van der Waals surface area contributed by atoms with Gasteiger partial charge in [0.1, 0.15) is 0 Å². The summed E-state index contributed by atoms with van der Waals surface area (Å²) in [5, 5.41) is 15.3. The van der Waals surface area contributed by atoms with Gasteiger partial charge in [-0.1, -0.05) is 0 Å². The van der Waals surface area contributed by atoms with Gasteiger partial charge < -0.3 is 15.0 Å². The van der Waals surface area contributed by atoms with Gasteiger partial charge in [-0.05, 0) is 0 Å². The molecule has 0 rings (SSSR count). The van der Waals surface area contributed by atoms with E-state index in [1.165, 1.54) is 0 Å². The van der Waals surface area contributed by atoms with Crippen molar-refractivity contribution >= 4 is 6.16 Å². The summed E-state index contributed by atoms with van der Waals surface area (Å²) in [6.07, 6.45) is -2.08. The zero-order valence-corrected chi connectivity index (χ0v) is 3.14. The van der Waals surface area contributed by atoms with Gasteiger partial charge in [0.15, 0.2) is 0 Å². The van der Waals surface area contributed by atoms with Gasteiger partial charge in [0.25, 0.3) is 0 Å². The number of rotatable bonds is 0. The van der Waals surface area contributed by atoms with E-state index in [9.17, 15) is 0 Å². The SMILES string of the molecule is O=C([O-])O.[Co]. The van der Waals surface area contributed by atoms with E-state index >= 15 is 0 Å². The predicted molar refractivity (Wildman–Crippen MR) is 8.02 cm³/mol. The molecular weight excluding hydrogens is 119 g/mol. The number of hydrogen-bond acceptors (Lipinski definition) is 2. The Bertz CT molecular complexity index is 29.9. The Morgan fingerprint density at radius 1 is 1.80 bits per heavy atom. The van der Waals surface area contributed by atoms with Gasteiger partial charge >= 0.3 is 0 Å². The second-order valence-corrected chi connectivity index (χ2v) is 0.266. The molecule has 0 aliphatic carbocycles. The van der Waals surface area contributed by atoms with Crippen molar-refractivity contribution in [2.24, 2.45) is 0 Å². The monoisotopic (exact) mass is 120 g/mol. The number of carbonyl (C=O) groups is 1. The molecule has 0 aromatic rings. The molecule has 0 fully saturated rings. The average molecular weight is 120 g/mol. The first kappa shape index (κ1) is 8.84. The summed E-state index contributed by atoms with van der Waals surface area (Å²) in [5.74, 6) is 0.